The fraction of sp³-hybridized carbons (Fsp3) is 0.250. The van der Waals surface area contributed by atoms with Crippen molar-refractivity contribution >= 4 is 16.0 Å². The molecule has 1 aromatic carbocycles. The van der Waals surface area contributed by atoms with Crippen molar-refractivity contribution in [3.8, 4) is 0 Å². The molecule has 6 nitrogen and oxygen atoms in total. The summed E-state index contributed by atoms with van der Waals surface area (Å²) in [5, 5.41) is 9.12. The lowest BCUT2D eigenvalue weighted by Crippen LogP contribution is -2.29. The number of aromatic carboxylic acids is 1. The largest absolute Gasteiger partial charge is 0.476 e. The summed E-state index contributed by atoms with van der Waals surface area (Å²) in [6.45, 7) is 1.99. The van der Waals surface area contributed by atoms with Crippen LogP contribution in [0.25, 0.3) is 0 Å². The van der Waals surface area contributed by atoms with Crippen LogP contribution < -0.4 is 4.72 Å². The third kappa shape index (κ3) is 2.97. The summed E-state index contributed by atoms with van der Waals surface area (Å²) in [5.74, 6) is -1.37. The Hall–Kier alpha value is -2.25. The van der Waals surface area contributed by atoms with Gasteiger partial charge in [-0.05, 0) is 43.0 Å². The third-order valence-corrected chi connectivity index (χ3v) is 5.44. The maximum absolute atomic E-state index is 12.6. The Labute approximate surface area is 134 Å². The van der Waals surface area contributed by atoms with Gasteiger partial charge in [-0.1, -0.05) is 23.8 Å². The average molecular weight is 332 g/mol. The first-order valence-corrected chi connectivity index (χ1v) is 8.67. The van der Waals surface area contributed by atoms with Gasteiger partial charge in [0.15, 0.2) is 5.69 Å². The summed E-state index contributed by atoms with van der Waals surface area (Å²) in [7, 11) is -3.97. The highest BCUT2D eigenvalue weighted by Crippen LogP contribution is 2.33. The van der Waals surface area contributed by atoms with Crippen molar-refractivity contribution in [2.75, 3.05) is 0 Å². The number of benzene rings is 1. The van der Waals surface area contributed by atoms with Crippen LogP contribution in [-0.2, 0) is 16.4 Å². The lowest BCUT2D eigenvalue weighted by atomic mass is 10.1. The molecule has 23 heavy (non-hydrogen) atoms. The van der Waals surface area contributed by atoms with E-state index in [4.69, 9.17) is 5.11 Å². The second kappa shape index (κ2) is 5.75. The van der Waals surface area contributed by atoms with Crippen molar-refractivity contribution in [1.82, 2.24) is 9.71 Å². The van der Waals surface area contributed by atoms with E-state index in [1.54, 1.807) is 0 Å². The molecule has 2 N–H and O–H groups in total. The van der Waals surface area contributed by atoms with Crippen LogP contribution in [0.3, 0.4) is 0 Å². The lowest BCUT2D eigenvalue weighted by Gasteiger charge is -2.15. The predicted octanol–water partition coefficient (Wildman–Crippen LogP) is 2.05. The monoisotopic (exact) mass is 332 g/mol. The molecule has 120 valence electrons. The zero-order valence-corrected chi connectivity index (χ0v) is 13.3. The van der Waals surface area contributed by atoms with Gasteiger partial charge in [-0.3, -0.25) is 0 Å². The Morgan fingerprint density at radius 3 is 2.87 bits per heavy atom. The molecule has 1 aromatic heterocycles. The van der Waals surface area contributed by atoms with Gasteiger partial charge in [-0.15, -0.1) is 0 Å². The van der Waals surface area contributed by atoms with E-state index < -0.39 is 21.7 Å². The number of carboxylic acid groups (broad SMARTS) is 1. The first kappa shape index (κ1) is 15.6. The number of sulfonamides is 1. The Morgan fingerprint density at radius 1 is 1.35 bits per heavy atom. The predicted molar refractivity (Wildman–Crippen MR) is 83.8 cm³/mol. The zero-order valence-electron chi connectivity index (χ0n) is 12.5. The van der Waals surface area contributed by atoms with Gasteiger partial charge in [-0.25, -0.2) is 22.9 Å². The van der Waals surface area contributed by atoms with Gasteiger partial charge in [0.25, 0.3) is 0 Å². The van der Waals surface area contributed by atoms with Crippen LogP contribution >= 0.6 is 0 Å². The van der Waals surface area contributed by atoms with E-state index in [0.29, 0.717) is 6.42 Å². The topological polar surface area (TPSA) is 96.4 Å². The van der Waals surface area contributed by atoms with Gasteiger partial charge in [0.05, 0.1) is 0 Å². The molecular formula is C16H16N2O4S. The average Bonchev–Trinajstić information content (AvgIpc) is 2.88. The normalized spacial score (nSPS) is 17.0. The molecule has 1 atom stereocenters. The van der Waals surface area contributed by atoms with Crippen molar-refractivity contribution in [2.24, 2.45) is 0 Å². The van der Waals surface area contributed by atoms with Gasteiger partial charge >= 0.3 is 5.97 Å². The molecule has 7 heteroatoms. The highest BCUT2D eigenvalue weighted by Gasteiger charge is 2.30. The highest BCUT2D eigenvalue weighted by molar-refractivity contribution is 7.89. The minimum Gasteiger partial charge on any atom is -0.476 e. The summed E-state index contributed by atoms with van der Waals surface area (Å²) >= 11 is 0. The highest BCUT2D eigenvalue weighted by atomic mass is 32.2. The van der Waals surface area contributed by atoms with Gasteiger partial charge in [0, 0.05) is 12.2 Å². The number of hydrogen-bond acceptors (Lipinski definition) is 4. The summed E-state index contributed by atoms with van der Waals surface area (Å²) in [4.78, 5) is 14.5. The molecule has 1 heterocycles. The number of carboxylic acids is 1. The maximum Gasteiger partial charge on any atom is 0.355 e. The van der Waals surface area contributed by atoms with E-state index in [-0.39, 0.29) is 10.9 Å². The van der Waals surface area contributed by atoms with Crippen LogP contribution in [0.4, 0.5) is 0 Å². The Bertz CT molecular complexity index is 877. The molecule has 1 aliphatic rings. The van der Waals surface area contributed by atoms with Crippen LogP contribution in [0.2, 0.25) is 0 Å². The molecule has 0 aliphatic heterocycles. The summed E-state index contributed by atoms with van der Waals surface area (Å²) in [6.07, 6.45) is 2.71. The molecule has 0 fully saturated rings. The number of aryl methyl sites for hydroxylation is 2. The minimum absolute atomic E-state index is 0.312. The molecule has 1 aliphatic carbocycles. The van der Waals surface area contributed by atoms with E-state index >= 15 is 0 Å². The van der Waals surface area contributed by atoms with Crippen molar-refractivity contribution in [1.29, 1.82) is 0 Å². The number of carbonyl (C=O) groups is 1. The maximum atomic E-state index is 12.6. The summed E-state index contributed by atoms with van der Waals surface area (Å²) < 4.78 is 27.8. The Kier molecular flexibility index (Phi) is 3.91. The Morgan fingerprint density at radius 2 is 2.13 bits per heavy atom. The van der Waals surface area contributed by atoms with Crippen LogP contribution in [0.15, 0.2) is 41.4 Å². The first-order valence-electron chi connectivity index (χ1n) is 7.18. The third-order valence-electron chi connectivity index (χ3n) is 3.94. The number of nitrogens with zero attached hydrogens (tertiary/aromatic N) is 1. The van der Waals surface area contributed by atoms with Gasteiger partial charge in [-0.2, -0.15) is 0 Å². The molecule has 2 aromatic rings. The van der Waals surface area contributed by atoms with Gasteiger partial charge in [0.2, 0.25) is 10.0 Å². The number of hydrogen-bond donors (Lipinski definition) is 2. The fourth-order valence-corrected chi connectivity index (χ4v) is 4.29. The molecule has 0 bridgehead atoms. The van der Waals surface area contributed by atoms with Crippen LogP contribution in [0, 0.1) is 6.92 Å². The van der Waals surface area contributed by atoms with Gasteiger partial charge in [0.1, 0.15) is 4.90 Å². The molecule has 0 amide bonds. The van der Waals surface area contributed by atoms with Gasteiger partial charge < -0.3 is 5.11 Å². The number of rotatable bonds is 4. The first-order chi connectivity index (χ1) is 10.9. The Balaban J connectivity index is 1.94. The number of aromatic nitrogens is 1. The standard InChI is InChI=1S/C16H16N2O4S/c1-10-4-6-12-11(9-10)5-7-13(12)18-23(21,22)14-3-2-8-17-15(14)16(19)20/h2-4,6,8-9,13,18H,5,7H2,1H3,(H,19,20). The molecule has 3 rings (SSSR count). The number of nitrogens with one attached hydrogen (secondary N) is 1. The number of fused-ring (bicyclic) bond motifs is 1. The van der Waals surface area contributed by atoms with Crippen molar-refractivity contribution in [3.63, 3.8) is 0 Å². The molecule has 0 radical (unpaired) electrons. The smallest absolute Gasteiger partial charge is 0.355 e. The second-order valence-electron chi connectivity index (χ2n) is 5.57. The van der Waals surface area contributed by atoms with E-state index in [1.807, 2.05) is 19.1 Å². The number of pyridine rings is 1. The molecule has 0 saturated heterocycles. The van der Waals surface area contributed by atoms with Crippen LogP contribution in [0.1, 0.15) is 39.6 Å². The van der Waals surface area contributed by atoms with Crippen molar-refractivity contribution < 1.29 is 18.3 Å². The summed E-state index contributed by atoms with van der Waals surface area (Å²) in [6, 6.07) is 8.23. The van der Waals surface area contributed by atoms with Crippen LogP contribution in [0.5, 0.6) is 0 Å². The second-order valence-corrected chi connectivity index (χ2v) is 7.25. The lowest BCUT2D eigenvalue weighted by molar-refractivity contribution is 0.0685. The van der Waals surface area contributed by atoms with Crippen LogP contribution in [-0.4, -0.2) is 24.5 Å². The summed E-state index contributed by atoms with van der Waals surface area (Å²) in [5.41, 5.74) is 2.73. The molecule has 0 saturated carbocycles. The molecular weight excluding hydrogens is 316 g/mol. The fourth-order valence-electron chi connectivity index (χ4n) is 2.89. The van der Waals surface area contributed by atoms with E-state index in [0.717, 1.165) is 23.1 Å². The van der Waals surface area contributed by atoms with Crippen molar-refractivity contribution in [2.45, 2.75) is 30.7 Å². The van der Waals surface area contributed by atoms with E-state index in [1.165, 1.54) is 18.3 Å². The van der Waals surface area contributed by atoms with E-state index in [9.17, 15) is 13.2 Å². The molecule has 1 unspecified atom stereocenters. The zero-order chi connectivity index (χ0) is 16.6. The van der Waals surface area contributed by atoms with Crippen molar-refractivity contribution in [3.05, 3.63) is 58.9 Å². The minimum atomic E-state index is -3.97. The SMILES string of the molecule is Cc1ccc2c(c1)CCC2NS(=O)(=O)c1cccnc1C(=O)O. The quantitative estimate of drug-likeness (QED) is 0.893. The van der Waals surface area contributed by atoms with E-state index in [2.05, 4.69) is 15.8 Å². The molecule has 0 spiro atoms.